The Kier molecular flexibility index (Phi) is 21.4. The van der Waals surface area contributed by atoms with Gasteiger partial charge in [-0.05, 0) is 12.8 Å². The van der Waals surface area contributed by atoms with Crippen molar-refractivity contribution < 1.29 is 19.1 Å². The first-order valence-electron chi connectivity index (χ1n) is 12.0. The van der Waals surface area contributed by atoms with Crippen molar-refractivity contribution in [3.63, 3.8) is 0 Å². The summed E-state index contributed by atoms with van der Waals surface area (Å²) < 4.78 is 10.3. The molecule has 0 fully saturated rings. The van der Waals surface area contributed by atoms with Crippen molar-refractivity contribution in [1.82, 2.24) is 0 Å². The van der Waals surface area contributed by atoms with Gasteiger partial charge in [-0.25, -0.2) is 0 Å². The van der Waals surface area contributed by atoms with Gasteiger partial charge >= 0.3 is 11.9 Å². The molecule has 0 radical (unpaired) electrons. The molecule has 0 unspecified atom stereocenters. The molecule has 0 heterocycles. The van der Waals surface area contributed by atoms with Crippen molar-refractivity contribution in [2.24, 2.45) is 0 Å². The minimum Gasteiger partial charge on any atom is -0.466 e. The number of unbranched alkanes of at least 4 members (excludes halogenated alkanes) is 14. The fourth-order valence-electron chi connectivity index (χ4n) is 3.19. The molecule has 0 amide bonds. The topological polar surface area (TPSA) is 52.6 Å². The van der Waals surface area contributed by atoms with Crippen LogP contribution in [0.5, 0.6) is 0 Å². The summed E-state index contributed by atoms with van der Waals surface area (Å²) in [4.78, 5) is 23.1. The van der Waals surface area contributed by atoms with E-state index in [4.69, 9.17) is 9.47 Å². The number of ether oxygens (including phenoxy) is 2. The maximum Gasteiger partial charge on any atom is 0.306 e. The maximum atomic E-state index is 11.6. The first-order chi connectivity index (χ1) is 13.7. The lowest BCUT2D eigenvalue weighted by Gasteiger charge is -2.06. The first-order valence-corrected chi connectivity index (χ1v) is 12.0. The van der Waals surface area contributed by atoms with E-state index in [0.29, 0.717) is 13.2 Å². The molecule has 0 spiro atoms. The summed E-state index contributed by atoms with van der Waals surface area (Å²) in [6.45, 7) is 5.30. The second kappa shape index (κ2) is 22.2. The third-order valence-corrected chi connectivity index (χ3v) is 5.06. The van der Waals surface area contributed by atoms with Crippen LogP contribution in [0, 0.1) is 0 Å². The lowest BCUT2D eigenvalue weighted by molar-refractivity contribution is -0.150. The van der Waals surface area contributed by atoms with Gasteiger partial charge in [-0.3, -0.25) is 9.59 Å². The molecular weight excluding hydrogens is 352 g/mol. The van der Waals surface area contributed by atoms with Gasteiger partial charge in [0, 0.05) is 0 Å². The van der Waals surface area contributed by atoms with E-state index >= 15 is 0 Å². The van der Waals surface area contributed by atoms with Gasteiger partial charge in [0.2, 0.25) is 0 Å². The third-order valence-electron chi connectivity index (χ3n) is 5.06. The van der Waals surface area contributed by atoms with Gasteiger partial charge in [0.1, 0.15) is 0 Å². The van der Waals surface area contributed by atoms with Crippen molar-refractivity contribution in [2.75, 3.05) is 13.2 Å². The second-order valence-electron chi connectivity index (χ2n) is 7.89. The van der Waals surface area contributed by atoms with Crippen LogP contribution in [-0.2, 0) is 19.1 Å². The van der Waals surface area contributed by atoms with Gasteiger partial charge in [-0.1, -0.05) is 104 Å². The number of esters is 2. The lowest BCUT2D eigenvalue weighted by atomic mass is 10.0. The Balaban J connectivity index is 3.25. The van der Waals surface area contributed by atoms with Crippen LogP contribution < -0.4 is 0 Å². The van der Waals surface area contributed by atoms with E-state index in [1.54, 1.807) is 0 Å². The predicted octanol–water partition coefficient (Wildman–Crippen LogP) is 7.13. The zero-order valence-electron chi connectivity index (χ0n) is 18.8. The third kappa shape index (κ3) is 21.2. The van der Waals surface area contributed by atoms with Crippen molar-refractivity contribution in [3.05, 3.63) is 0 Å². The molecule has 0 bridgehead atoms. The Labute approximate surface area is 174 Å². The van der Waals surface area contributed by atoms with Crippen LogP contribution >= 0.6 is 0 Å². The SMILES string of the molecule is CCCCCCCCCCCCCCCOC(=O)CCC(=O)OCCCCC. The minimum absolute atomic E-state index is 0.129. The number of carbonyl (C=O) groups excluding carboxylic acids is 2. The van der Waals surface area contributed by atoms with E-state index in [0.717, 1.165) is 32.1 Å². The molecule has 0 aliphatic rings. The van der Waals surface area contributed by atoms with Crippen LogP contribution in [-0.4, -0.2) is 25.2 Å². The highest BCUT2D eigenvalue weighted by Gasteiger charge is 2.08. The molecule has 0 aromatic heterocycles. The molecule has 0 N–H and O–H groups in total. The standard InChI is InChI=1S/C24H46O4/c1-3-5-7-8-9-10-11-12-13-14-15-16-18-22-28-24(26)20-19-23(25)27-21-17-6-4-2/h3-22H2,1-2H3. The summed E-state index contributed by atoms with van der Waals surface area (Å²) in [6, 6.07) is 0. The number of carbonyl (C=O) groups is 2. The Bertz CT molecular complexity index is 355. The van der Waals surface area contributed by atoms with Crippen molar-refractivity contribution in [2.45, 2.75) is 129 Å². The van der Waals surface area contributed by atoms with Crippen LogP contribution in [0.1, 0.15) is 129 Å². The summed E-state index contributed by atoms with van der Waals surface area (Å²) >= 11 is 0. The highest BCUT2D eigenvalue weighted by molar-refractivity contribution is 5.77. The Hall–Kier alpha value is -1.06. The molecule has 0 aromatic rings. The summed E-state index contributed by atoms with van der Waals surface area (Å²) in [5.74, 6) is -0.585. The molecular formula is C24H46O4. The normalized spacial score (nSPS) is 10.8. The second-order valence-corrected chi connectivity index (χ2v) is 7.89. The average molecular weight is 399 g/mol. The molecule has 0 atom stereocenters. The highest BCUT2D eigenvalue weighted by Crippen LogP contribution is 2.12. The van der Waals surface area contributed by atoms with Gasteiger partial charge in [-0.15, -0.1) is 0 Å². The van der Waals surface area contributed by atoms with Crippen LogP contribution in [0.2, 0.25) is 0 Å². The number of hydrogen-bond acceptors (Lipinski definition) is 4. The van der Waals surface area contributed by atoms with Gasteiger partial charge in [0.15, 0.2) is 0 Å². The molecule has 0 saturated carbocycles. The number of hydrogen-bond donors (Lipinski definition) is 0. The Morgan fingerprint density at radius 2 is 0.750 bits per heavy atom. The Morgan fingerprint density at radius 3 is 1.14 bits per heavy atom. The minimum atomic E-state index is -0.297. The van der Waals surface area contributed by atoms with Gasteiger partial charge in [0.05, 0.1) is 26.1 Å². The molecule has 0 saturated heterocycles. The average Bonchev–Trinajstić information content (AvgIpc) is 2.70. The van der Waals surface area contributed by atoms with Crippen LogP contribution in [0.25, 0.3) is 0 Å². The zero-order chi connectivity index (χ0) is 20.7. The van der Waals surface area contributed by atoms with E-state index in [2.05, 4.69) is 13.8 Å². The van der Waals surface area contributed by atoms with Crippen LogP contribution in [0.3, 0.4) is 0 Å². The van der Waals surface area contributed by atoms with E-state index in [-0.39, 0.29) is 24.8 Å². The van der Waals surface area contributed by atoms with Crippen LogP contribution in [0.15, 0.2) is 0 Å². The van der Waals surface area contributed by atoms with Crippen molar-refractivity contribution in [1.29, 1.82) is 0 Å². The largest absolute Gasteiger partial charge is 0.466 e. The molecule has 0 aliphatic heterocycles. The molecule has 166 valence electrons. The summed E-state index contributed by atoms with van der Waals surface area (Å²) in [5, 5.41) is 0. The predicted molar refractivity (Wildman–Crippen MR) is 116 cm³/mol. The summed E-state index contributed by atoms with van der Waals surface area (Å²) in [6.07, 6.45) is 20.3. The molecule has 0 aliphatic carbocycles. The molecule has 4 heteroatoms. The summed E-state index contributed by atoms with van der Waals surface area (Å²) in [5.41, 5.74) is 0. The maximum absolute atomic E-state index is 11.6. The molecule has 0 rings (SSSR count). The first kappa shape index (κ1) is 26.9. The van der Waals surface area contributed by atoms with E-state index in [1.807, 2.05) is 0 Å². The fourth-order valence-corrected chi connectivity index (χ4v) is 3.19. The van der Waals surface area contributed by atoms with Gasteiger partial charge in [0.25, 0.3) is 0 Å². The van der Waals surface area contributed by atoms with Gasteiger partial charge in [-0.2, -0.15) is 0 Å². The van der Waals surface area contributed by atoms with E-state index in [9.17, 15) is 9.59 Å². The fraction of sp³-hybridized carbons (Fsp3) is 0.917. The Morgan fingerprint density at radius 1 is 0.464 bits per heavy atom. The van der Waals surface area contributed by atoms with Crippen molar-refractivity contribution >= 4 is 11.9 Å². The molecule has 28 heavy (non-hydrogen) atoms. The quantitative estimate of drug-likeness (QED) is 0.152. The van der Waals surface area contributed by atoms with Gasteiger partial charge < -0.3 is 9.47 Å². The smallest absolute Gasteiger partial charge is 0.306 e. The van der Waals surface area contributed by atoms with E-state index in [1.165, 1.54) is 70.6 Å². The van der Waals surface area contributed by atoms with Crippen LogP contribution in [0.4, 0.5) is 0 Å². The molecule has 0 aromatic carbocycles. The summed E-state index contributed by atoms with van der Waals surface area (Å²) in [7, 11) is 0. The monoisotopic (exact) mass is 398 g/mol. The molecule has 4 nitrogen and oxygen atoms in total. The van der Waals surface area contributed by atoms with Crippen molar-refractivity contribution in [3.8, 4) is 0 Å². The van der Waals surface area contributed by atoms with E-state index < -0.39 is 0 Å². The number of rotatable bonds is 21. The lowest BCUT2D eigenvalue weighted by Crippen LogP contribution is -2.11. The highest BCUT2D eigenvalue weighted by atomic mass is 16.5. The zero-order valence-corrected chi connectivity index (χ0v) is 18.8.